The molecule has 0 aliphatic heterocycles. The topological polar surface area (TPSA) is 71.8 Å². The maximum Gasteiger partial charge on any atom is 0.115 e. The van der Waals surface area contributed by atoms with Crippen LogP contribution in [-0.4, -0.2) is 25.0 Å². The van der Waals surface area contributed by atoms with Gasteiger partial charge in [0, 0.05) is 59.6 Å². The molecule has 0 bridgehead atoms. The summed E-state index contributed by atoms with van der Waals surface area (Å²) in [5.41, 5.74) is 2.36. The van der Waals surface area contributed by atoms with Gasteiger partial charge in [-0.15, -0.1) is 0 Å². The standard InChI is InChI=1S/C26H24N4O/c31-26(25-12-4-8-16-30-25)18-20(23-10-2-6-14-28-23)19(22-9-1-5-13-27-22)17-21(26)24-11-3-7-15-29-24/h1-16,19-21,31H,17-18H2. The Morgan fingerprint density at radius 1 is 0.613 bits per heavy atom. The molecular formula is C26H24N4O. The molecule has 0 amide bonds. The van der Waals surface area contributed by atoms with Gasteiger partial charge >= 0.3 is 0 Å². The second-order valence-corrected chi connectivity index (χ2v) is 8.11. The smallest absolute Gasteiger partial charge is 0.115 e. The van der Waals surface area contributed by atoms with E-state index in [1.807, 2.05) is 79.1 Å². The van der Waals surface area contributed by atoms with Gasteiger partial charge < -0.3 is 5.11 Å². The maximum atomic E-state index is 12.2. The lowest BCUT2D eigenvalue weighted by Crippen LogP contribution is -2.43. The average molecular weight is 409 g/mol. The van der Waals surface area contributed by atoms with Gasteiger partial charge in [-0.25, -0.2) is 0 Å². The van der Waals surface area contributed by atoms with Crippen molar-refractivity contribution in [2.75, 3.05) is 0 Å². The zero-order chi connectivity index (χ0) is 21.1. The number of aliphatic hydroxyl groups is 1. The van der Waals surface area contributed by atoms with Crippen molar-refractivity contribution in [3.05, 3.63) is 120 Å². The van der Waals surface area contributed by atoms with E-state index in [2.05, 4.69) is 26.0 Å². The predicted octanol–water partition coefficient (Wildman–Crippen LogP) is 4.60. The lowest BCUT2D eigenvalue weighted by molar-refractivity contribution is -0.0415. The van der Waals surface area contributed by atoms with E-state index in [4.69, 9.17) is 0 Å². The normalized spacial score (nSPS) is 25.8. The van der Waals surface area contributed by atoms with Gasteiger partial charge in [-0.2, -0.15) is 0 Å². The molecule has 1 N–H and O–H groups in total. The first-order chi connectivity index (χ1) is 15.3. The van der Waals surface area contributed by atoms with Gasteiger partial charge in [0.1, 0.15) is 5.60 Å². The molecule has 0 saturated heterocycles. The summed E-state index contributed by atoms with van der Waals surface area (Å²) in [6, 6.07) is 23.6. The number of hydrogen-bond acceptors (Lipinski definition) is 5. The quantitative estimate of drug-likeness (QED) is 0.534. The van der Waals surface area contributed by atoms with Crippen molar-refractivity contribution in [2.45, 2.75) is 36.2 Å². The third kappa shape index (κ3) is 3.73. The van der Waals surface area contributed by atoms with Crippen molar-refractivity contribution in [1.29, 1.82) is 0 Å². The van der Waals surface area contributed by atoms with E-state index < -0.39 is 5.60 Å². The SMILES string of the molecule is OC1(c2ccccn2)CC(c2ccccn2)C(c2ccccn2)CC1c1ccccn1. The fourth-order valence-corrected chi connectivity index (χ4v) is 4.91. The molecule has 154 valence electrons. The number of aromatic nitrogens is 4. The summed E-state index contributed by atoms with van der Waals surface area (Å²) in [5, 5.41) is 12.2. The first kappa shape index (κ1) is 19.5. The molecule has 1 saturated carbocycles. The van der Waals surface area contributed by atoms with Gasteiger partial charge in [0.2, 0.25) is 0 Å². The van der Waals surface area contributed by atoms with Crippen molar-refractivity contribution >= 4 is 0 Å². The third-order valence-electron chi connectivity index (χ3n) is 6.37. The van der Waals surface area contributed by atoms with Crippen LogP contribution in [0.4, 0.5) is 0 Å². The summed E-state index contributed by atoms with van der Waals surface area (Å²) < 4.78 is 0. The molecule has 5 rings (SSSR count). The largest absolute Gasteiger partial charge is 0.383 e. The highest BCUT2D eigenvalue weighted by atomic mass is 16.3. The van der Waals surface area contributed by atoms with Crippen molar-refractivity contribution in [3.63, 3.8) is 0 Å². The number of pyridine rings is 4. The Kier molecular flexibility index (Phi) is 5.26. The highest BCUT2D eigenvalue weighted by molar-refractivity contribution is 5.32. The highest BCUT2D eigenvalue weighted by Crippen LogP contribution is 2.56. The molecule has 1 fully saturated rings. The zero-order valence-electron chi connectivity index (χ0n) is 17.1. The molecule has 4 heterocycles. The summed E-state index contributed by atoms with van der Waals surface area (Å²) in [7, 11) is 0. The molecule has 0 spiro atoms. The fourth-order valence-electron chi connectivity index (χ4n) is 4.91. The lowest BCUT2D eigenvalue weighted by Gasteiger charge is -2.46. The zero-order valence-corrected chi connectivity index (χ0v) is 17.1. The van der Waals surface area contributed by atoms with Gasteiger partial charge in [0.25, 0.3) is 0 Å². The highest BCUT2D eigenvalue weighted by Gasteiger charge is 2.51. The minimum Gasteiger partial charge on any atom is -0.383 e. The number of rotatable bonds is 4. The number of nitrogens with zero attached hydrogens (tertiary/aromatic N) is 4. The minimum atomic E-state index is -1.16. The van der Waals surface area contributed by atoms with Crippen LogP contribution < -0.4 is 0 Å². The van der Waals surface area contributed by atoms with E-state index in [1.165, 1.54) is 0 Å². The van der Waals surface area contributed by atoms with Crippen molar-refractivity contribution < 1.29 is 5.11 Å². The Morgan fingerprint density at radius 2 is 1.13 bits per heavy atom. The van der Waals surface area contributed by atoms with Crippen LogP contribution in [0.25, 0.3) is 0 Å². The second-order valence-electron chi connectivity index (χ2n) is 8.11. The Balaban J connectivity index is 1.66. The molecule has 4 aromatic rings. The van der Waals surface area contributed by atoms with Crippen LogP contribution in [0.15, 0.2) is 97.6 Å². The first-order valence-corrected chi connectivity index (χ1v) is 10.6. The van der Waals surface area contributed by atoms with Gasteiger partial charge in [-0.1, -0.05) is 24.3 Å². The summed E-state index contributed by atoms with van der Waals surface area (Å²) in [6.07, 6.45) is 8.36. The maximum absolute atomic E-state index is 12.2. The molecule has 1 aliphatic carbocycles. The Bertz CT molecular complexity index is 1110. The molecule has 4 atom stereocenters. The van der Waals surface area contributed by atoms with E-state index in [0.29, 0.717) is 18.5 Å². The predicted molar refractivity (Wildman–Crippen MR) is 118 cm³/mol. The Hall–Kier alpha value is -3.44. The molecule has 31 heavy (non-hydrogen) atoms. The van der Waals surface area contributed by atoms with Crippen LogP contribution in [0.3, 0.4) is 0 Å². The van der Waals surface area contributed by atoms with Crippen molar-refractivity contribution in [1.82, 2.24) is 19.9 Å². The van der Waals surface area contributed by atoms with Gasteiger partial charge in [0.15, 0.2) is 0 Å². The van der Waals surface area contributed by atoms with Crippen molar-refractivity contribution in [2.24, 2.45) is 0 Å². The summed E-state index contributed by atoms with van der Waals surface area (Å²) >= 11 is 0. The lowest BCUT2D eigenvalue weighted by atomic mass is 9.61. The van der Waals surface area contributed by atoms with E-state index in [0.717, 1.165) is 17.1 Å². The molecule has 4 unspecified atom stereocenters. The summed E-state index contributed by atoms with van der Waals surface area (Å²) in [5.74, 6) is -0.106. The molecular weight excluding hydrogens is 384 g/mol. The van der Waals surface area contributed by atoms with E-state index >= 15 is 0 Å². The van der Waals surface area contributed by atoms with Crippen LogP contribution in [0.2, 0.25) is 0 Å². The van der Waals surface area contributed by atoms with Crippen LogP contribution in [0, 0.1) is 0 Å². The Labute approximate surface area is 181 Å². The first-order valence-electron chi connectivity index (χ1n) is 10.6. The Morgan fingerprint density at radius 3 is 1.65 bits per heavy atom. The molecule has 4 aromatic heterocycles. The average Bonchev–Trinajstić information content (AvgIpc) is 2.86. The van der Waals surface area contributed by atoms with Gasteiger partial charge in [-0.3, -0.25) is 19.9 Å². The van der Waals surface area contributed by atoms with Crippen LogP contribution in [0.1, 0.15) is 53.4 Å². The molecule has 5 nitrogen and oxygen atoms in total. The molecule has 1 aliphatic rings. The molecule has 0 aromatic carbocycles. The fraction of sp³-hybridized carbons (Fsp3) is 0.231. The van der Waals surface area contributed by atoms with Gasteiger partial charge in [0.05, 0.1) is 5.69 Å². The van der Waals surface area contributed by atoms with E-state index in [9.17, 15) is 5.11 Å². The molecule has 5 heteroatoms. The van der Waals surface area contributed by atoms with Crippen LogP contribution in [-0.2, 0) is 5.60 Å². The second kappa shape index (κ2) is 8.36. The van der Waals surface area contributed by atoms with Crippen molar-refractivity contribution in [3.8, 4) is 0 Å². The summed E-state index contributed by atoms with van der Waals surface area (Å²) in [4.78, 5) is 18.5. The monoisotopic (exact) mass is 408 g/mol. The van der Waals surface area contributed by atoms with E-state index in [1.54, 1.807) is 12.4 Å². The minimum absolute atomic E-state index is 0.00284. The van der Waals surface area contributed by atoms with Crippen LogP contribution in [0.5, 0.6) is 0 Å². The van der Waals surface area contributed by atoms with Gasteiger partial charge in [-0.05, 0) is 61.4 Å². The third-order valence-corrected chi connectivity index (χ3v) is 6.37. The van der Waals surface area contributed by atoms with Crippen LogP contribution >= 0.6 is 0 Å². The van der Waals surface area contributed by atoms with E-state index in [-0.39, 0.29) is 17.8 Å². The molecule has 0 radical (unpaired) electrons. The summed E-state index contributed by atoms with van der Waals surface area (Å²) in [6.45, 7) is 0. The number of hydrogen-bond donors (Lipinski definition) is 1.